The predicted molar refractivity (Wildman–Crippen MR) is 91.1 cm³/mol. The van der Waals surface area contributed by atoms with Crippen LogP contribution in [-0.4, -0.2) is 56.2 Å². The highest BCUT2D eigenvalue weighted by molar-refractivity contribution is 5.85. The second kappa shape index (κ2) is 9.84. The SMILES string of the molecule is C[C@@H]1CNCCN1CC(=O)NCCOc1cccc(C(F)(F)F)c1.Cl. The highest BCUT2D eigenvalue weighted by Crippen LogP contribution is 2.31. The van der Waals surface area contributed by atoms with Crippen molar-refractivity contribution in [3.05, 3.63) is 29.8 Å². The molecule has 0 aromatic heterocycles. The molecule has 142 valence electrons. The van der Waals surface area contributed by atoms with Crippen LogP contribution >= 0.6 is 12.4 Å². The average molecular weight is 382 g/mol. The first-order valence-electron chi connectivity index (χ1n) is 7.88. The molecular weight excluding hydrogens is 359 g/mol. The molecule has 5 nitrogen and oxygen atoms in total. The molecule has 0 bridgehead atoms. The lowest BCUT2D eigenvalue weighted by Crippen LogP contribution is -2.52. The quantitative estimate of drug-likeness (QED) is 0.739. The van der Waals surface area contributed by atoms with Gasteiger partial charge in [-0.1, -0.05) is 6.07 Å². The molecule has 1 aliphatic rings. The zero-order valence-corrected chi connectivity index (χ0v) is 14.8. The summed E-state index contributed by atoms with van der Waals surface area (Å²) < 4.78 is 43.0. The summed E-state index contributed by atoms with van der Waals surface area (Å²) in [5, 5.41) is 5.97. The number of carbonyl (C=O) groups is 1. The number of amides is 1. The van der Waals surface area contributed by atoms with Crippen molar-refractivity contribution in [3.8, 4) is 5.75 Å². The lowest BCUT2D eigenvalue weighted by molar-refractivity contribution is -0.137. The first-order chi connectivity index (χ1) is 11.4. The van der Waals surface area contributed by atoms with Crippen LogP contribution < -0.4 is 15.4 Å². The van der Waals surface area contributed by atoms with Gasteiger partial charge in [0.2, 0.25) is 5.91 Å². The Bertz CT molecular complexity index is 558. The number of halogens is 4. The van der Waals surface area contributed by atoms with E-state index in [4.69, 9.17) is 4.74 Å². The van der Waals surface area contributed by atoms with Gasteiger partial charge in [-0.05, 0) is 25.1 Å². The molecule has 9 heteroatoms. The average Bonchev–Trinajstić information content (AvgIpc) is 2.53. The van der Waals surface area contributed by atoms with E-state index < -0.39 is 11.7 Å². The fourth-order valence-corrected chi connectivity index (χ4v) is 2.48. The minimum atomic E-state index is -4.40. The van der Waals surface area contributed by atoms with Crippen LogP contribution in [0.25, 0.3) is 0 Å². The van der Waals surface area contributed by atoms with Crippen molar-refractivity contribution in [2.45, 2.75) is 19.1 Å². The number of rotatable bonds is 6. The molecule has 1 fully saturated rings. The molecule has 1 amide bonds. The summed E-state index contributed by atoms with van der Waals surface area (Å²) >= 11 is 0. The third-order valence-electron chi connectivity index (χ3n) is 3.84. The predicted octanol–water partition coefficient (Wildman–Crippen LogP) is 1.92. The van der Waals surface area contributed by atoms with Crippen LogP contribution in [0.5, 0.6) is 5.75 Å². The topological polar surface area (TPSA) is 53.6 Å². The molecule has 1 saturated heterocycles. The lowest BCUT2D eigenvalue weighted by Gasteiger charge is -2.33. The van der Waals surface area contributed by atoms with Gasteiger partial charge in [-0.15, -0.1) is 12.4 Å². The second-order valence-corrected chi connectivity index (χ2v) is 5.75. The Balaban J connectivity index is 0.00000312. The molecule has 2 N–H and O–H groups in total. The molecule has 1 atom stereocenters. The zero-order chi connectivity index (χ0) is 17.6. The van der Waals surface area contributed by atoms with E-state index in [1.165, 1.54) is 12.1 Å². The fraction of sp³-hybridized carbons (Fsp3) is 0.562. The van der Waals surface area contributed by atoms with Gasteiger partial charge >= 0.3 is 6.18 Å². The number of piperazine rings is 1. The largest absolute Gasteiger partial charge is 0.492 e. The third kappa shape index (κ3) is 7.09. The molecule has 0 spiro atoms. The summed E-state index contributed by atoms with van der Waals surface area (Å²) in [4.78, 5) is 14.0. The van der Waals surface area contributed by atoms with E-state index in [0.29, 0.717) is 12.6 Å². The van der Waals surface area contributed by atoms with Crippen molar-refractivity contribution in [2.75, 3.05) is 39.3 Å². The van der Waals surface area contributed by atoms with E-state index >= 15 is 0 Å². The van der Waals surface area contributed by atoms with Crippen LogP contribution in [0.4, 0.5) is 13.2 Å². The summed E-state index contributed by atoms with van der Waals surface area (Å²) in [6.07, 6.45) is -4.40. The molecule has 25 heavy (non-hydrogen) atoms. The number of alkyl halides is 3. The van der Waals surface area contributed by atoms with Crippen molar-refractivity contribution in [2.24, 2.45) is 0 Å². The van der Waals surface area contributed by atoms with Crippen LogP contribution in [-0.2, 0) is 11.0 Å². The highest BCUT2D eigenvalue weighted by atomic mass is 35.5. The van der Waals surface area contributed by atoms with Gasteiger partial charge in [0.1, 0.15) is 12.4 Å². The normalized spacial score (nSPS) is 18.3. The van der Waals surface area contributed by atoms with E-state index in [1.54, 1.807) is 0 Å². The number of carbonyl (C=O) groups excluding carboxylic acids is 1. The van der Waals surface area contributed by atoms with Gasteiger partial charge in [0, 0.05) is 25.7 Å². The number of hydrogen-bond acceptors (Lipinski definition) is 4. The van der Waals surface area contributed by atoms with Crippen LogP contribution in [0.3, 0.4) is 0 Å². The minimum absolute atomic E-state index is 0. The van der Waals surface area contributed by atoms with Crippen molar-refractivity contribution < 1.29 is 22.7 Å². The maximum absolute atomic E-state index is 12.6. The molecule has 1 aromatic rings. The van der Waals surface area contributed by atoms with Gasteiger partial charge in [0.05, 0.1) is 18.7 Å². The molecular formula is C16H23ClF3N3O2. The van der Waals surface area contributed by atoms with E-state index in [-0.39, 0.29) is 37.2 Å². The van der Waals surface area contributed by atoms with Crippen molar-refractivity contribution in [1.82, 2.24) is 15.5 Å². The second-order valence-electron chi connectivity index (χ2n) is 5.75. The van der Waals surface area contributed by atoms with E-state index in [2.05, 4.69) is 22.5 Å². The van der Waals surface area contributed by atoms with Gasteiger partial charge in [0.25, 0.3) is 0 Å². The number of benzene rings is 1. The molecule has 0 radical (unpaired) electrons. The first-order valence-corrected chi connectivity index (χ1v) is 7.88. The van der Waals surface area contributed by atoms with Crippen LogP contribution in [0.1, 0.15) is 12.5 Å². The van der Waals surface area contributed by atoms with Gasteiger partial charge in [0.15, 0.2) is 0 Å². The number of ether oxygens (including phenoxy) is 1. The summed E-state index contributed by atoms with van der Waals surface area (Å²) in [7, 11) is 0. The molecule has 0 unspecified atom stereocenters. The molecule has 0 aliphatic carbocycles. The Kier molecular flexibility index (Phi) is 8.47. The van der Waals surface area contributed by atoms with Crippen molar-refractivity contribution >= 4 is 18.3 Å². The van der Waals surface area contributed by atoms with Crippen molar-refractivity contribution in [3.63, 3.8) is 0 Å². The number of hydrogen-bond donors (Lipinski definition) is 2. The maximum atomic E-state index is 12.6. The summed E-state index contributed by atoms with van der Waals surface area (Å²) in [6, 6.07) is 4.99. The first kappa shape index (κ1) is 21.5. The third-order valence-corrected chi connectivity index (χ3v) is 3.84. The Morgan fingerprint density at radius 1 is 1.44 bits per heavy atom. The highest BCUT2D eigenvalue weighted by Gasteiger charge is 2.30. The zero-order valence-electron chi connectivity index (χ0n) is 13.9. The number of nitrogens with zero attached hydrogens (tertiary/aromatic N) is 1. The van der Waals surface area contributed by atoms with Gasteiger partial charge < -0.3 is 15.4 Å². The van der Waals surface area contributed by atoms with Gasteiger partial charge in [-0.2, -0.15) is 13.2 Å². The monoisotopic (exact) mass is 381 g/mol. The van der Waals surface area contributed by atoms with E-state index in [0.717, 1.165) is 31.8 Å². The van der Waals surface area contributed by atoms with E-state index in [9.17, 15) is 18.0 Å². The Morgan fingerprint density at radius 3 is 2.88 bits per heavy atom. The van der Waals surface area contributed by atoms with Crippen molar-refractivity contribution in [1.29, 1.82) is 0 Å². The molecule has 0 saturated carbocycles. The van der Waals surface area contributed by atoms with Crippen LogP contribution in [0.2, 0.25) is 0 Å². The molecule has 1 heterocycles. The van der Waals surface area contributed by atoms with Gasteiger partial charge in [-0.25, -0.2) is 0 Å². The van der Waals surface area contributed by atoms with E-state index in [1.807, 2.05) is 0 Å². The molecule has 1 aliphatic heterocycles. The van der Waals surface area contributed by atoms with Gasteiger partial charge in [-0.3, -0.25) is 9.69 Å². The summed E-state index contributed by atoms with van der Waals surface area (Å²) in [5.41, 5.74) is -0.753. The Morgan fingerprint density at radius 2 is 2.20 bits per heavy atom. The van der Waals surface area contributed by atoms with Crippen LogP contribution in [0, 0.1) is 0 Å². The minimum Gasteiger partial charge on any atom is -0.492 e. The Hall–Kier alpha value is -1.51. The fourth-order valence-electron chi connectivity index (χ4n) is 2.48. The molecule has 1 aromatic carbocycles. The lowest BCUT2D eigenvalue weighted by atomic mass is 10.2. The standard InChI is InChI=1S/C16H22F3N3O2.ClH/c1-12-10-20-5-7-22(12)11-15(23)21-6-8-24-14-4-2-3-13(9-14)16(17,18)19;/h2-4,9,12,20H,5-8,10-11H2,1H3,(H,21,23);1H/t12-;/m1./s1. The Labute approximate surface area is 151 Å². The van der Waals surface area contributed by atoms with Crippen LogP contribution in [0.15, 0.2) is 24.3 Å². The smallest absolute Gasteiger partial charge is 0.416 e. The maximum Gasteiger partial charge on any atom is 0.416 e. The summed E-state index contributed by atoms with van der Waals surface area (Å²) in [5.74, 6) is 0.0196. The number of nitrogens with one attached hydrogen (secondary N) is 2. The molecule has 2 rings (SSSR count). The summed E-state index contributed by atoms with van der Waals surface area (Å²) in [6.45, 7) is 5.25.